The van der Waals surface area contributed by atoms with E-state index >= 15 is 0 Å². The first-order valence-electron chi connectivity index (χ1n) is 13.9. The van der Waals surface area contributed by atoms with Gasteiger partial charge in [0.05, 0.1) is 17.1 Å². The van der Waals surface area contributed by atoms with Crippen LogP contribution in [0.5, 0.6) is 11.5 Å². The monoisotopic (exact) mass is 570 g/mol. The Morgan fingerprint density at radius 2 is 1.10 bits per heavy atom. The minimum absolute atomic E-state index is 0. The van der Waals surface area contributed by atoms with E-state index in [0.717, 1.165) is 49.2 Å². The van der Waals surface area contributed by atoms with Gasteiger partial charge in [-0.1, -0.05) is 75.4 Å². The molecule has 0 saturated carbocycles. The van der Waals surface area contributed by atoms with Crippen LogP contribution in [0.15, 0.2) is 58.5 Å². The number of aryl methyl sites for hydroxylation is 6. The van der Waals surface area contributed by atoms with Gasteiger partial charge in [0.1, 0.15) is 0 Å². The largest absolute Gasteiger partial charge is 2.00 e. The van der Waals surface area contributed by atoms with Crippen LogP contribution in [0.25, 0.3) is 0 Å². The van der Waals surface area contributed by atoms with Gasteiger partial charge in [-0.15, -0.1) is 11.5 Å². The van der Waals surface area contributed by atoms with E-state index in [1.165, 1.54) is 22.3 Å². The molecule has 0 atom stereocenters. The zero-order chi connectivity index (χ0) is 28.1. The van der Waals surface area contributed by atoms with Crippen LogP contribution in [0.4, 0.5) is 11.4 Å². The molecule has 0 unspecified atom stereocenters. The van der Waals surface area contributed by atoms with E-state index < -0.39 is 0 Å². The number of nitrogens with zero attached hydrogens (tertiary/aromatic N) is 2. The van der Waals surface area contributed by atoms with E-state index in [9.17, 15) is 10.2 Å². The molecule has 0 radical (unpaired) electrons. The van der Waals surface area contributed by atoms with Crippen LogP contribution in [-0.2, 0) is 29.3 Å². The van der Waals surface area contributed by atoms with Crippen molar-refractivity contribution in [2.45, 2.75) is 93.4 Å². The third kappa shape index (κ3) is 11.8. The third-order valence-corrected chi connectivity index (χ3v) is 6.15. The number of unbranched alkanes of at least 4 members (excludes halogenated alkanes) is 1. The average Bonchev–Trinajstić information content (AvgIpc) is 2.85. The molecule has 3 rings (SSSR count). The van der Waals surface area contributed by atoms with Gasteiger partial charge in [0.15, 0.2) is 0 Å². The quantitative estimate of drug-likeness (QED) is 0.181. The van der Waals surface area contributed by atoms with E-state index in [1.54, 1.807) is 12.1 Å². The summed E-state index contributed by atoms with van der Waals surface area (Å²) in [6.07, 6.45) is 8.40. The molecule has 3 aromatic rings. The van der Waals surface area contributed by atoms with Gasteiger partial charge < -0.3 is 10.2 Å². The predicted octanol–water partition coefficient (Wildman–Crippen LogP) is 8.32. The van der Waals surface area contributed by atoms with E-state index in [1.807, 2.05) is 20.1 Å². The topological polar surface area (TPSA) is 70.8 Å². The second-order valence-corrected chi connectivity index (χ2v) is 10.2. The summed E-state index contributed by atoms with van der Waals surface area (Å²) in [7, 11) is 0. The van der Waals surface area contributed by atoms with Gasteiger partial charge in [-0.05, 0) is 99.9 Å². The number of hydrogen-bond acceptors (Lipinski definition) is 4. The first-order valence-corrected chi connectivity index (χ1v) is 13.9. The summed E-state index contributed by atoms with van der Waals surface area (Å²) in [5.74, 6) is -0.587. The van der Waals surface area contributed by atoms with E-state index in [4.69, 9.17) is 4.99 Å². The molecule has 4 nitrogen and oxygen atoms in total. The van der Waals surface area contributed by atoms with Crippen molar-refractivity contribution < 1.29 is 26.7 Å². The Hall–Kier alpha value is -2.91. The van der Waals surface area contributed by atoms with E-state index in [2.05, 4.69) is 76.0 Å². The molecule has 3 aromatic carbocycles. The fourth-order valence-electron chi connectivity index (χ4n) is 4.44. The SMILES string of the molecule is CCCCC(C=Nc1cc(C)cc(C)c1)=Nc1cc(C)cc(C)c1.CCCc1ccc(CCC)c([O-])c1[O-].[Ni+2]. The molecule has 0 aliphatic rings. The van der Waals surface area contributed by atoms with Crippen LogP contribution < -0.4 is 10.2 Å². The Morgan fingerprint density at radius 3 is 1.51 bits per heavy atom. The zero-order valence-corrected chi connectivity index (χ0v) is 25.7. The summed E-state index contributed by atoms with van der Waals surface area (Å²) in [6.45, 7) is 14.6. The van der Waals surface area contributed by atoms with Gasteiger partial charge in [-0.25, -0.2) is 0 Å². The van der Waals surface area contributed by atoms with Crippen molar-refractivity contribution in [1.29, 1.82) is 0 Å². The molecule has 5 heteroatoms. The molecule has 0 saturated heterocycles. The van der Waals surface area contributed by atoms with E-state index in [0.29, 0.717) is 24.0 Å². The van der Waals surface area contributed by atoms with Crippen LogP contribution >= 0.6 is 0 Å². The van der Waals surface area contributed by atoms with Crippen LogP contribution in [-0.4, -0.2) is 11.9 Å². The van der Waals surface area contributed by atoms with Crippen molar-refractivity contribution in [2.75, 3.05) is 0 Å². The summed E-state index contributed by atoms with van der Waals surface area (Å²) >= 11 is 0. The standard InChI is InChI=1S/C22H28N2.C12H18O2.Ni/c1-6-7-8-20(24-22-13-18(4)10-19(5)14-22)15-23-21-11-16(2)9-17(3)12-21;1-3-5-9-7-8-10(6-4-2)12(14)11(9)13;/h9-15H,6-8H2,1-5H3;7-8,13-14H,3-6H2,1-2H3;/q;;+2/p-2. The molecule has 0 N–H and O–H groups in total. The number of rotatable bonds is 10. The fourth-order valence-corrected chi connectivity index (χ4v) is 4.44. The molecule has 0 amide bonds. The van der Waals surface area contributed by atoms with Crippen LogP contribution in [0.1, 0.15) is 86.3 Å². The van der Waals surface area contributed by atoms with Gasteiger partial charge >= 0.3 is 16.5 Å². The Labute approximate surface area is 246 Å². The molecule has 0 aliphatic carbocycles. The molecular formula is C34H44N2NiO2. The summed E-state index contributed by atoms with van der Waals surface area (Å²) in [6, 6.07) is 16.4. The number of benzene rings is 3. The number of hydrogen-bond donors (Lipinski definition) is 0. The molecule has 0 aliphatic heterocycles. The fraction of sp³-hybridized carbons (Fsp3) is 0.412. The molecule has 0 fully saturated rings. The van der Waals surface area contributed by atoms with Gasteiger partial charge in [0, 0.05) is 6.21 Å². The minimum Gasteiger partial charge on any atom is -0.873 e. The predicted molar refractivity (Wildman–Crippen MR) is 160 cm³/mol. The molecular weight excluding hydrogens is 527 g/mol. The second kappa shape index (κ2) is 17.6. The first kappa shape index (κ1) is 34.1. The third-order valence-electron chi connectivity index (χ3n) is 6.15. The van der Waals surface area contributed by atoms with Crippen molar-refractivity contribution in [2.24, 2.45) is 9.98 Å². The van der Waals surface area contributed by atoms with Crippen molar-refractivity contribution >= 4 is 23.3 Å². The Morgan fingerprint density at radius 1 is 0.667 bits per heavy atom. The smallest absolute Gasteiger partial charge is 0.873 e. The van der Waals surface area contributed by atoms with Crippen molar-refractivity contribution in [3.05, 3.63) is 81.9 Å². The van der Waals surface area contributed by atoms with Gasteiger partial charge in [0.25, 0.3) is 0 Å². The molecule has 0 spiro atoms. The van der Waals surface area contributed by atoms with Crippen molar-refractivity contribution in [3.63, 3.8) is 0 Å². The van der Waals surface area contributed by atoms with Crippen molar-refractivity contribution in [1.82, 2.24) is 0 Å². The maximum absolute atomic E-state index is 11.5. The van der Waals surface area contributed by atoms with Gasteiger partial charge in [0.2, 0.25) is 0 Å². The number of aliphatic imine (C=N–C) groups is 2. The molecule has 212 valence electrons. The summed E-state index contributed by atoms with van der Waals surface area (Å²) in [5, 5.41) is 23.1. The van der Waals surface area contributed by atoms with Gasteiger partial charge in [-0.3, -0.25) is 9.98 Å². The molecule has 39 heavy (non-hydrogen) atoms. The maximum atomic E-state index is 11.5. The van der Waals surface area contributed by atoms with Crippen LogP contribution in [0.3, 0.4) is 0 Å². The molecule has 0 aromatic heterocycles. The van der Waals surface area contributed by atoms with Gasteiger partial charge in [-0.2, -0.15) is 0 Å². The summed E-state index contributed by atoms with van der Waals surface area (Å²) in [5.41, 5.74) is 9.36. The van der Waals surface area contributed by atoms with Crippen LogP contribution in [0.2, 0.25) is 0 Å². The summed E-state index contributed by atoms with van der Waals surface area (Å²) < 4.78 is 0. The minimum atomic E-state index is -0.294. The van der Waals surface area contributed by atoms with Crippen LogP contribution in [0, 0.1) is 27.7 Å². The molecule has 0 heterocycles. The maximum Gasteiger partial charge on any atom is 2.00 e. The normalized spacial score (nSPS) is 11.2. The Bertz CT molecular complexity index is 1180. The van der Waals surface area contributed by atoms with E-state index in [-0.39, 0.29) is 28.0 Å². The molecule has 0 bridgehead atoms. The summed E-state index contributed by atoms with van der Waals surface area (Å²) in [4.78, 5) is 9.51. The second-order valence-electron chi connectivity index (χ2n) is 10.2. The Kier molecular flexibility index (Phi) is 15.4. The van der Waals surface area contributed by atoms with Crippen molar-refractivity contribution in [3.8, 4) is 11.5 Å². The zero-order valence-electron chi connectivity index (χ0n) is 24.7. The first-order chi connectivity index (χ1) is 18.2. The average molecular weight is 571 g/mol. The Balaban J connectivity index is 0.000000434.